The van der Waals surface area contributed by atoms with Gasteiger partial charge in [0.2, 0.25) is 11.8 Å². The first-order valence-electron chi connectivity index (χ1n) is 8.67. The van der Waals surface area contributed by atoms with Crippen LogP contribution in [0, 0.1) is 22.0 Å². The van der Waals surface area contributed by atoms with Crippen molar-refractivity contribution in [2.75, 3.05) is 6.54 Å². The second-order valence-electron chi connectivity index (χ2n) is 6.48. The third-order valence-electron chi connectivity index (χ3n) is 4.76. The molecule has 2 atom stereocenters. The molecule has 1 saturated heterocycles. The van der Waals surface area contributed by atoms with Gasteiger partial charge in [0.05, 0.1) is 23.2 Å². The van der Waals surface area contributed by atoms with Crippen molar-refractivity contribution >= 4 is 29.3 Å². The Balaban J connectivity index is 1.53. The Morgan fingerprint density at radius 2 is 1.75 bits per heavy atom. The van der Waals surface area contributed by atoms with Crippen molar-refractivity contribution < 1.29 is 24.1 Å². The number of non-ortho nitro benzene ring substituents is 1. The fourth-order valence-electron chi connectivity index (χ4n) is 3.24. The van der Waals surface area contributed by atoms with Crippen LogP contribution >= 0.6 is 0 Å². The summed E-state index contributed by atoms with van der Waals surface area (Å²) in [6, 6.07) is 5.25. The first-order valence-corrected chi connectivity index (χ1v) is 8.67. The third-order valence-corrected chi connectivity index (χ3v) is 4.76. The molecule has 1 heterocycles. The number of nitrogens with zero attached hydrogens (tertiary/aromatic N) is 3. The highest BCUT2D eigenvalue weighted by molar-refractivity contribution is 6.05. The number of carbonyl (C=O) groups excluding carboxylic acids is 3. The van der Waals surface area contributed by atoms with Gasteiger partial charge in [-0.1, -0.05) is 17.3 Å². The van der Waals surface area contributed by atoms with E-state index >= 15 is 0 Å². The number of carbonyl (C=O) groups is 3. The smallest absolute Gasteiger partial charge is 0.336 e. The predicted molar refractivity (Wildman–Crippen MR) is 96.6 cm³/mol. The monoisotopic (exact) mass is 386 g/mol. The highest BCUT2D eigenvalue weighted by Gasteiger charge is 2.46. The number of amidine groups is 1. The Morgan fingerprint density at radius 1 is 1.18 bits per heavy atom. The topological polar surface area (TPSA) is 145 Å². The van der Waals surface area contributed by atoms with Gasteiger partial charge in [-0.3, -0.25) is 24.6 Å². The molecule has 3 rings (SSSR count). The van der Waals surface area contributed by atoms with Gasteiger partial charge in [0.1, 0.15) is 0 Å². The molecule has 0 radical (unpaired) electrons. The van der Waals surface area contributed by atoms with E-state index in [1.165, 1.54) is 24.3 Å². The number of rotatable bonds is 6. The minimum Gasteiger partial charge on any atom is -0.380 e. The average molecular weight is 386 g/mol. The number of hydrogen-bond acceptors (Lipinski definition) is 7. The summed E-state index contributed by atoms with van der Waals surface area (Å²) in [6.45, 7) is -0.0730. The first-order chi connectivity index (χ1) is 13.4. The van der Waals surface area contributed by atoms with E-state index in [4.69, 9.17) is 10.6 Å². The molecule has 2 amide bonds. The highest BCUT2D eigenvalue weighted by atomic mass is 16.7. The normalized spacial score (nSPS) is 21.6. The van der Waals surface area contributed by atoms with Crippen LogP contribution in [0.2, 0.25) is 0 Å². The van der Waals surface area contributed by atoms with Gasteiger partial charge in [-0.15, -0.1) is 0 Å². The number of likely N-dealkylation sites (tertiary alicyclic amines) is 1. The van der Waals surface area contributed by atoms with Crippen LogP contribution < -0.4 is 5.73 Å². The standard InChI is InChI=1S/C18H18N4O6/c19-16(11-5-7-12(8-6-11)22(26)27)20-28-15(23)9-10-21-17(24)13-3-1-2-4-14(13)18(21)25/h1-2,5-8,13-14H,3-4,9-10H2,(H2,19,20)/t13-,14-/m0/s1. The van der Waals surface area contributed by atoms with Crippen LogP contribution in [0.15, 0.2) is 41.6 Å². The predicted octanol–water partition coefficient (Wildman–Crippen LogP) is 1.10. The lowest BCUT2D eigenvalue weighted by atomic mass is 9.85. The number of nitrogens with two attached hydrogens (primary N) is 1. The van der Waals surface area contributed by atoms with E-state index in [0.29, 0.717) is 18.4 Å². The van der Waals surface area contributed by atoms with Gasteiger partial charge in [-0.05, 0) is 25.0 Å². The fourth-order valence-corrected chi connectivity index (χ4v) is 3.24. The van der Waals surface area contributed by atoms with E-state index in [1.807, 2.05) is 12.2 Å². The summed E-state index contributed by atoms with van der Waals surface area (Å²) in [7, 11) is 0. The van der Waals surface area contributed by atoms with Gasteiger partial charge in [-0.2, -0.15) is 0 Å². The molecule has 0 unspecified atom stereocenters. The Morgan fingerprint density at radius 3 is 2.29 bits per heavy atom. The maximum atomic E-state index is 12.3. The molecule has 10 heteroatoms. The number of hydrogen-bond donors (Lipinski definition) is 1. The number of fused-ring (bicyclic) bond motifs is 1. The van der Waals surface area contributed by atoms with Gasteiger partial charge in [0, 0.05) is 24.2 Å². The molecule has 2 N–H and O–H groups in total. The number of nitro groups is 1. The maximum Gasteiger partial charge on any atom is 0.336 e. The van der Waals surface area contributed by atoms with Crippen LogP contribution in [0.25, 0.3) is 0 Å². The summed E-state index contributed by atoms with van der Waals surface area (Å²) in [6.07, 6.45) is 4.64. The fraction of sp³-hybridized carbons (Fsp3) is 0.333. The molecule has 10 nitrogen and oxygen atoms in total. The molecule has 0 spiro atoms. The molecule has 1 fully saturated rings. The number of benzene rings is 1. The molecular formula is C18H18N4O6. The zero-order chi connectivity index (χ0) is 20.3. The third kappa shape index (κ3) is 3.90. The molecule has 0 bridgehead atoms. The van der Waals surface area contributed by atoms with Gasteiger partial charge in [0.25, 0.3) is 5.69 Å². The lowest BCUT2D eigenvalue weighted by molar-refractivity contribution is -0.384. The highest BCUT2D eigenvalue weighted by Crippen LogP contribution is 2.34. The van der Waals surface area contributed by atoms with Crippen molar-refractivity contribution in [1.82, 2.24) is 4.90 Å². The molecule has 1 aliphatic heterocycles. The molecule has 146 valence electrons. The molecule has 2 aliphatic rings. The Bertz CT molecular complexity index is 851. The first kappa shape index (κ1) is 19.2. The zero-order valence-corrected chi connectivity index (χ0v) is 14.8. The van der Waals surface area contributed by atoms with Gasteiger partial charge in [-0.25, -0.2) is 4.79 Å². The van der Waals surface area contributed by atoms with Gasteiger partial charge in [0.15, 0.2) is 5.84 Å². The molecule has 28 heavy (non-hydrogen) atoms. The number of imide groups is 1. The van der Waals surface area contributed by atoms with Crippen molar-refractivity contribution in [2.24, 2.45) is 22.7 Å². The van der Waals surface area contributed by atoms with E-state index in [9.17, 15) is 24.5 Å². The molecule has 0 aromatic heterocycles. The summed E-state index contributed by atoms with van der Waals surface area (Å²) in [5.74, 6) is -2.09. The summed E-state index contributed by atoms with van der Waals surface area (Å²) in [5.41, 5.74) is 5.93. The minimum absolute atomic E-state index is 0.0730. The van der Waals surface area contributed by atoms with Gasteiger partial charge >= 0.3 is 5.97 Å². The minimum atomic E-state index is -0.751. The van der Waals surface area contributed by atoms with Crippen LogP contribution in [0.1, 0.15) is 24.8 Å². The lowest BCUT2D eigenvalue weighted by Crippen LogP contribution is -2.33. The number of allylic oxidation sites excluding steroid dienone is 2. The maximum absolute atomic E-state index is 12.3. The number of oxime groups is 1. The van der Waals surface area contributed by atoms with Crippen molar-refractivity contribution in [3.05, 3.63) is 52.1 Å². The Hall–Kier alpha value is -3.56. The van der Waals surface area contributed by atoms with Crippen molar-refractivity contribution in [3.8, 4) is 0 Å². The summed E-state index contributed by atoms with van der Waals surface area (Å²) < 4.78 is 0. The van der Waals surface area contributed by atoms with Crippen molar-refractivity contribution in [3.63, 3.8) is 0 Å². The Kier molecular flexibility index (Phi) is 5.48. The summed E-state index contributed by atoms with van der Waals surface area (Å²) in [5, 5.41) is 14.1. The van der Waals surface area contributed by atoms with Crippen LogP contribution in [0.3, 0.4) is 0 Å². The quantitative estimate of drug-likeness (QED) is 0.146. The Labute approximate surface area is 159 Å². The molecule has 1 aliphatic carbocycles. The van der Waals surface area contributed by atoms with Crippen LogP contribution in [0.4, 0.5) is 5.69 Å². The van der Waals surface area contributed by atoms with E-state index in [2.05, 4.69) is 5.16 Å². The number of amides is 2. The van der Waals surface area contributed by atoms with E-state index in [1.54, 1.807) is 0 Å². The van der Waals surface area contributed by atoms with Gasteiger partial charge < -0.3 is 10.6 Å². The van der Waals surface area contributed by atoms with Crippen molar-refractivity contribution in [2.45, 2.75) is 19.3 Å². The molecular weight excluding hydrogens is 368 g/mol. The lowest BCUT2D eigenvalue weighted by Gasteiger charge is -2.14. The second-order valence-corrected chi connectivity index (χ2v) is 6.48. The second kappa shape index (κ2) is 7.99. The summed E-state index contributed by atoms with van der Waals surface area (Å²) in [4.78, 5) is 52.4. The summed E-state index contributed by atoms with van der Waals surface area (Å²) >= 11 is 0. The van der Waals surface area contributed by atoms with Crippen molar-refractivity contribution in [1.29, 1.82) is 0 Å². The van der Waals surface area contributed by atoms with E-state index < -0.39 is 10.9 Å². The van der Waals surface area contributed by atoms with E-state index in [-0.39, 0.29) is 48.1 Å². The van der Waals surface area contributed by atoms with Crippen LogP contribution in [-0.4, -0.2) is 40.0 Å². The van der Waals surface area contributed by atoms with E-state index in [0.717, 1.165) is 4.90 Å². The average Bonchev–Trinajstić information content (AvgIpc) is 2.95. The zero-order valence-electron chi connectivity index (χ0n) is 14.8. The molecule has 1 aromatic carbocycles. The number of nitro benzene ring substituents is 1. The molecule has 1 aromatic rings. The largest absolute Gasteiger partial charge is 0.380 e. The van der Waals surface area contributed by atoms with Crippen LogP contribution in [-0.2, 0) is 19.2 Å². The SMILES string of the molecule is N/C(=N/OC(=O)CCN1C(=O)[C@H]2CC=CC[C@@H]2C1=O)c1ccc([N+](=O)[O-])cc1. The van der Waals surface area contributed by atoms with Crippen LogP contribution in [0.5, 0.6) is 0 Å². The molecule has 0 saturated carbocycles.